The molecule has 0 aliphatic rings. The van der Waals surface area contributed by atoms with Crippen molar-refractivity contribution in [3.05, 3.63) is 64.4 Å². The van der Waals surface area contributed by atoms with Crippen molar-refractivity contribution in [2.75, 3.05) is 0 Å². The number of fused-ring (bicyclic) bond motifs is 2. The van der Waals surface area contributed by atoms with Gasteiger partial charge in [0.2, 0.25) is 0 Å². The van der Waals surface area contributed by atoms with Gasteiger partial charge in [-0.3, -0.25) is 0 Å². The maximum Gasteiger partial charge on any atom is 0.143 e. The summed E-state index contributed by atoms with van der Waals surface area (Å²) in [5.41, 5.74) is 6.12. The third kappa shape index (κ3) is 2.47. The quantitative estimate of drug-likeness (QED) is 0.579. The summed E-state index contributed by atoms with van der Waals surface area (Å²) in [6.07, 6.45) is 3.52. The highest BCUT2D eigenvalue weighted by molar-refractivity contribution is 5.87. The molecule has 0 amide bonds. The minimum absolute atomic E-state index is 0.0168. The fourth-order valence-corrected chi connectivity index (χ4v) is 3.49. The Morgan fingerprint density at radius 3 is 2.88 bits per heavy atom. The first-order valence-corrected chi connectivity index (χ1v) is 8.27. The van der Waals surface area contributed by atoms with Crippen LogP contribution in [0.4, 0.5) is 4.39 Å². The topological polar surface area (TPSA) is 68.3 Å². The molecule has 0 spiro atoms. The Kier molecular flexibility index (Phi) is 3.54. The summed E-state index contributed by atoms with van der Waals surface area (Å²) in [7, 11) is 0. The molecular weight excluding hydrogens is 315 g/mol. The summed E-state index contributed by atoms with van der Waals surface area (Å²) in [6, 6.07) is 8.99. The number of benzene rings is 2. The van der Waals surface area contributed by atoms with Crippen LogP contribution >= 0.6 is 0 Å². The number of hydrogen-bond donors (Lipinski definition) is 2. The third-order valence-corrected chi connectivity index (χ3v) is 4.71. The van der Waals surface area contributed by atoms with Crippen LogP contribution in [-0.2, 0) is 12.8 Å². The van der Waals surface area contributed by atoms with Crippen molar-refractivity contribution < 1.29 is 4.39 Å². The molecule has 4 aromatic rings. The van der Waals surface area contributed by atoms with Crippen LogP contribution in [0.1, 0.15) is 35.0 Å². The minimum Gasteiger partial charge on any atom is -0.361 e. The summed E-state index contributed by atoms with van der Waals surface area (Å²) < 4.78 is 13.8. The number of aromatic amines is 2. The Morgan fingerprint density at radius 2 is 2.12 bits per heavy atom. The van der Waals surface area contributed by atoms with Crippen molar-refractivity contribution in [3.63, 3.8) is 0 Å². The van der Waals surface area contributed by atoms with E-state index in [0.29, 0.717) is 17.5 Å². The van der Waals surface area contributed by atoms with Gasteiger partial charge in [-0.15, -0.1) is 0 Å². The van der Waals surface area contributed by atoms with E-state index in [9.17, 15) is 4.39 Å². The van der Waals surface area contributed by atoms with Crippen LogP contribution in [0.15, 0.2) is 30.5 Å². The monoisotopic (exact) mass is 332 g/mol. The van der Waals surface area contributed by atoms with Crippen molar-refractivity contribution >= 4 is 21.9 Å². The van der Waals surface area contributed by atoms with E-state index in [2.05, 4.69) is 40.9 Å². The fourth-order valence-electron chi connectivity index (χ4n) is 3.49. The van der Waals surface area contributed by atoms with E-state index in [1.165, 1.54) is 34.2 Å². The second-order valence-electron chi connectivity index (χ2n) is 6.27. The van der Waals surface area contributed by atoms with E-state index >= 15 is 0 Å². The van der Waals surface area contributed by atoms with Gasteiger partial charge in [-0.1, -0.05) is 13.0 Å². The molecule has 0 unspecified atom stereocenters. The first-order valence-electron chi connectivity index (χ1n) is 8.27. The lowest BCUT2D eigenvalue weighted by Gasteiger charge is -2.11. The molecule has 0 aliphatic carbocycles. The number of hydrogen-bond acceptors (Lipinski definition) is 2. The average Bonchev–Trinajstić information content (AvgIpc) is 3.23. The van der Waals surface area contributed by atoms with E-state index in [0.717, 1.165) is 17.8 Å². The number of aryl methyl sites for hydroxylation is 2. The predicted octanol–water partition coefficient (Wildman–Crippen LogP) is 4.52. The van der Waals surface area contributed by atoms with Gasteiger partial charge >= 0.3 is 0 Å². The predicted molar refractivity (Wildman–Crippen MR) is 96.0 cm³/mol. The number of nitriles is 1. The molecular formula is C20H17FN4. The lowest BCUT2D eigenvalue weighted by Crippen LogP contribution is -1.98. The maximum absolute atomic E-state index is 13.8. The second kappa shape index (κ2) is 5.75. The molecule has 2 aromatic carbocycles. The highest BCUT2D eigenvalue weighted by atomic mass is 19.1. The van der Waals surface area contributed by atoms with E-state index in [1.807, 2.05) is 12.3 Å². The molecule has 0 saturated carbocycles. The van der Waals surface area contributed by atoms with E-state index in [-0.39, 0.29) is 5.56 Å². The van der Waals surface area contributed by atoms with E-state index in [4.69, 9.17) is 5.26 Å². The Bertz CT molecular complexity index is 1140. The van der Waals surface area contributed by atoms with Gasteiger partial charge in [-0.2, -0.15) is 5.26 Å². The molecule has 0 bridgehead atoms. The van der Waals surface area contributed by atoms with E-state index < -0.39 is 5.82 Å². The molecule has 124 valence electrons. The standard InChI is InChI=1S/C20H17FN4/c1-3-12-6-11(2)20-14(4-5-23-20)15(12)8-19-24-17-7-13(10-22)16(21)9-18(17)25-19/h4-7,9,23H,3,8H2,1-2H3,(H,24,25). The van der Waals surface area contributed by atoms with Gasteiger partial charge in [0.05, 0.1) is 16.6 Å². The molecule has 4 rings (SSSR count). The second-order valence-corrected chi connectivity index (χ2v) is 6.27. The first kappa shape index (κ1) is 15.4. The number of halogens is 1. The number of rotatable bonds is 3. The molecule has 4 nitrogen and oxygen atoms in total. The minimum atomic E-state index is -0.525. The Hall–Kier alpha value is -3.13. The normalized spacial score (nSPS) is 11.3. The molecule has 2 N–H and O–H groups in total. The average molecular weight is 332 g/mol. The third-order valence-electron chi connectivity index (χ3n) is 4.71. The molecule has 0 radical (unpaired) electrons. The largest absolute Gasteiger partial charge is 0.361 e. The summed E-state index contributed by atoms with van der Waals surface area (Å²) in [4.78, 5) is 11.0. The maximum atomic E-state index is 13.8. The van der Waals surface area contributed by atoms with Crippen molar-refractivity contribution in [2.24, 2.45) is 0 Å². The summed E-state index contributed by atoms with van der Waals surface area (Å²) in [6.45, 7) is 4.25. The van der Waals surface area contributed by atoms with Gasteiger partial charge in [-0.25, -0.2) is 9.37 Å². The van der Waals surface area contributed by atoms with Gasteiger partial charge < -0.3 is 9.97 Å². The van der Waals surface area contributed by atoms with Crippen molar-refractivity contribution in [1.29, 1.82) is 5.26 Å². The van der Waals surface area contributed by atoms with Crippen LogP contribution < -0.4 is 0 Å². The van der Waals surface area contributed by atoms with Gasteiger partial charge in [0.1, 0.15) is 17.7 Å². The summed E-state index contributed by atoms with van der Waals surface area (Å²) in [5.74, 6) is 0.244. The number of aromatic nitrogens is 3. The van der Waals surface area contributed by atoms with Crippen LogP contribution in [0.25, 0.3) is 21.9 Å². The molecule has 2 heterocycles. The Balaban J connectivity index is 1.84. The molecule has 2 aromatic heterocycles. The Labute approximate surface area is 144 Å². The number of nitrogens with one attached hydrogen (secondary N) is 2. The van der Waals surface area contributed by atoms with Crippen LogP contribution in [0, 0.1) is 24.1 Å². The van der Waals surface area contributed by atoms with Crippen molar-refractivity contribution in [2.45, 2.75) is 26.7 Å². The smallest absolute Gasteiger partial charge is 0.143 e. The van der Waals surface area contributed by atoms with Crippen LogP contribution in [-0.4, -0.2) is 15.0 Å². The number of H-pyrrole nitrogens is 2. The van der Waals surface area contributed by atoms with Crippen LogP contribution in [0.3, 0.4) is 0 Å². The fraction of sp³-hybridized carbons (Fsp3) is 0.200. The molecule has 0 aliphatic heterocycles. The zero-order valence-corrected chi connectivity index (χ0v) is 14.1. The molecule has 5 heteroatoms. The number of nitrogens with zero attached hydrogens (tertiary/aromatic N) is 2. The van der Waals surface area contributed by atoms with Crippen LogP contribution in [0.2, 0.25) is 0 Å². The van der Waals surface area contributed by atoms with E-state index in [1.54, 1.807) is 0 Å². The van der Waals surface area contributed by atoms with Gasteiger partial charge in [-0.05, 0) is 42.2 Å². The Morgan fingerprint density at radius 1 is 1.28 bits per heavy atom. The zero-order chi connectivity index (χ0) is 17.6. The van der Waals surface area contributed by atoms with Crippen molar-refractivity contribution in [1.82, 2.24) is 15.0 Å². The highest BCUT2D eigenvalue weighted by Crippen LogP contribution is 2.28. The van der Waals surface area contributed by atoms with Crippen LogP contribution in [0.5, 0.6) is 0 Å². The molecule has 0 saturated heterocycles. The van der Waals surface area contributed by atoms with Gasteiger partial charge in [0.25, 0.3) is 0 Å². The molecule has 0 fully saturated rings. The lowest BCUT2D eigenvalue weighted by atomic mass is 9.95. The van der Waals surface area contributed by atoms with Gasteiger partial charge in [0, 0.05) is 29.6 Å². The van der Waals surface area contributed by atoms with Gasteiger partial charge in [0.15, 0.2) is 0 Å². The summed E-state index contributed by atoms with van der Waals surface area (Å²) in [5, 5.41) is 10.2. The molecule has 25 heavy (non-hydrogen) atoms. The first-order chi connectivity index (χ1) is 12.1. The highest BCUT2D eigenvalue weighted by Gasteiger charge is 2.14. The SMILES string of the molecule is CCc1cc(C)c2[nH]ccc2c1Cc1nc2cc(C#N)c(F)cc2[nH]1. The lowest BCUT2D eigenvalue weighted by molar-refractivity contribution is 0.625. The van der Waals surface area contributed by atoms with Crippen molar-refractivity contribution in [3.8, 4) is 6.07 Å². The zero-order valence-electron chi connectivity index (χ0n) is 14.1. The molecule has 0 atom stereocenters. The summed E-state index contributed by atoms with van der Waals surface area (Å²) >= 11 is 0. The number of imidazole rings is 1.